The third kappa shape index (κ3) is 6.28. The number of piperazine rings is 1. The molecule has 42 heavy (non-hydrogen) atoms. The lowest BCUT2D eigenvalue weighted by Crippen LogP contribution is -2.46. The first kappa shape index (κ1) is 27.1. The van der Waals surface area contributed by atoms with Crippen molar-refractivity contribution < 1.29 is 22.9 Å². The SMILES string of the molecule is O=C(c1ccccc1)N1CC[N+](=C2C=CC(=CC=C3C=C(c4ccc(F)cc4)C=C(c4ccc(F)cc4)O3)C=C2)CC1. The molecule has 1 amide bonds. The van der Waals surface area contributed by atoms with Crippen LogP contribution in [-0.4, -0.2) is 47.3 Å². The zero-order valence-corrected chi connectivity index (χ0v) is 22.9. The Morgan fingerprint density at radius 3 is 2.00 bits per heavy atom. The lowest BCUT2D eigenvalue weighted by Gasteiger charge is -2.26. The summed E-state index contributed by atoms with van der Waals surface area (Å²) in [6.07, 6.45) is 15.9. The number of nitrogens with zero attached hydrogens (tertiary/aromatic N) is 2. The Labute approximate surface area is 243 Å². The van der Waals surface area contributed by atoms with E-state index in [4.69, 9.17) is 4.74 Å². The molecule has 2 heterocycles. The first-order valence-electron chi connectivity index (χ1n) is 13.9. The van der Waals surface area contributed by atoms with Crippen LogP contribution in [0.5, 0.6) is 0 Å². The molecule has 6 heteroatoms. The second-order valence-corrected chi connectivity index (χ2v) is 10.2. The number of carbonyl (C=O) groups excluding carboxylic acids is 1. The number of hydrogen-bond donors (Lipinski definition) is 0. The van der Waals surface area contributed by atoms with E-state index in [1.165, 1.54) is 24.3 Å². The zero-order chi connectivity index (χ0) is 28.9. The van der Waals surface area contributed by atoms with Gasteiger partial charge in [0.1, 0.15) is 23.2 Å². The number of allylic oxidation sites excluding steroid dienone is 10. The number of amides is 1. The van der Waals surface area contributed by atoms with Crippen LogP contribution >= 0.6 is 0 Å². The normalized spacial score (nSPS) is 17.6. The van der Waals surface area contributed by atoms with E-state index < -0.39 is 0 Å². The van der Waals surface area contributed by atoms with Gasteiger partial charge in [-0.2, -0.15) is 0 Å². The molecule has 0 bridgehead atoms. The van der Waals surface area contributed by atoms with Crippen molar-refractivity contribution in [1.29, 1.82) is 0 Å². The van der Waals surface area contributed by atoms with Gasteiger partial charge in [0.05, 0.1) is 13.1 Å². The van der Waals surface area contributed by atoms with Gasteiger partial charge < -0.3 is 9.64 Å². The van der Waals surface area contributed by atoms with Gasteiger partial charge in [0.25, 0.3) is 5.91 Å². The Bertz CT molecular complexity index is 1680. The van der Waals surface area contributed by atoms with Gasteiger partial charge in [0, 0.05) is 23.3 Å². The molecule has 208 valence electrons. The van der Waals surface area contributed by atoms with Crippen molar-refractivity contribution in [3.8, 4) is 0 Å². The molecule has 2 aliphatic heterocycles. The fourth-order valence-corrected chi connectivity index (χ4v) is 5.08. The molecule has 0 spiro atoms. The van der Waals surface area contributed by atoms with Crippen LogP contribution in [0.15, 0.2) is 139 Å². The van der Waals surface area contributed by atoms with Crippen molar-refractivity contribution in [2.24, 2.45) is 0 Å². The Morgan fingerprint density at radius 1 is 0.738 bits per heavy atom. The summed E-state index contributed by atoms with van der Waals surface area (Å²) in [5.41, 5.74) is 5.29. The van der Waals surface area contributed by atoms with Crippen LogP contribution in [0, 0.1) is 11.6 Å². The lowest BCUT2D eigenvalue weighted by atomic mass is 10.00. The van der Waals surface area contributed by atoms with Crippen LogP contribution in [0.2, 0.25) is 0 Å². The van der Waals surface area contributed by atoms with Gasteiger partial charge in [-0.05, 0) is 95.6 Å². The van der Waals surface area contributed by atoms with Crippen LogP contribution in [0.1, 0.15) is 21.5 Å². The third-order valence-electron chi connectivity index (χ3n) is 7.40. The van der Waals surface area contributed by atoms with Gasteiger partial charge in [-0.3, -0.25) is 4.79 Å². The minimum atomic E-state index is -0.320. The van der Waals surface area contributed by atoms with Gasteiger partial charge in [-0.1, -0.05) is 36.4 Å². The average Bonchev–Trinajstić information content (AvgIpc) is 3.05. The predicted octanol–water partition coefficient (Wildman–Crippen LogP) is 6.97. The molecule has 0 atom stereocenters. The fourth-order valence-electron chi connectivity index (χ4n) is 5.08. The highest BCUT2D eigenvalue weighted by Gasteiger charge is 2.25. The predicted molar refractivity (Wildman–Crippen MR) is 162 cm³/mol. The highest BCUT2D eigenvalue weighted by molar-refractivity contribution is 6.02. The number of halogens is 2. The molecule has 0 N–H and O–H groups in total. The van der Waals surface area contributed by atoms with Crippen LogP contribution in [0.3, 0.4) is 0 Å². The van der Waals surface area contributed by atoms with Crippen molar-refractivity contribution in [2.75, 3.05) is 26.2 Å². The Kier molecular flexibility index (Phi) is 7.86. The van der Waals surface area contributed by atoms with Crippen LogP contribution in [-0.2, 0) is 4.74 Å². The van der Waals surface area contributed by atoms with Crippen molar-refractivity contribution in [3.63, 3.8) is 0 Å². The maximum atomic E-state index is 13.5. The maximum absolute atomic E-state index is 13.5. The molecule has 4 nitrogen and oxygen atoms in total. The number of hydrogen-bond acceptors (Lipinski definition) is 2. The van der Waals surface area contributed by atoms with E-state index in [0.29, 0.717) is 24.6 Å². The molecule has 1 fully saturated rings. The topological polar surface area (TPSA) is 32.5 Å². The lowest BCUT2D eigenvalue weighted by molar-refractivity contribution is -0.536. The third-order valence-corrected chi connectivity index (χ3v) is 7.40. The Morgan fingerprint density at radius 2 is 1.36 bits per heavy atom. The molecule has 3 aromatic carbocycles. The van der Waals surface area contributed by atoms with Gasteiger partial charge in [0.15, 0.2) is 18.8 Å². The summed E-state index contributed by atoms with van der Waals surface area (Å²) in [6, 6.07) is 21.8. The van der Waals surface area contributed by atoms with E-state index in [0.717, 1.165) is 46.6 Å². The molecule has 1 saturated heterocycles. The van der Waals surface area contributed by atoms with Crippen molar-refractivity contribution in [1.82, 2.24) is 4.90 Å². The molecule has 1 aliphatic carbocycles. The summed E-state index contributed by atoms with van der Waals surface area (Å²) in [5, 5.41) is 0. The second kappa shape index (κ2) is 12.2. The zero-order valence-electron chi connectivity index (χ0n) is 22.9. The van der Waals surface area contributed by atoms with Gasteiger partial charge in [-0.25, -0.2) is 13.4 Å². The van der Waals surface area contributed by atoms with E-state index in [1.807, 2.05) is 59.5 Å². The minimum Gasteiger partial charge on any atom is -0.457 e. The fraction of sp³-hybridized carbons (Fsp3) is 0.111. The van der Waals surface area contributed by atoms with Crippen molar-refractivity contribution in [2.45, 2.75) is 0 Å². The van der Waals surface area contributed by atoms with E-state index >= 15 is 0 Å². The molecular weight excluding hydrogens is 530 g/mol. The van der Waals surface area contributed by atoms with Gasteiger partial charge in [-0.15, -0.1) is 0 Å². The van der Waals surface area contributed by atoms with Crippen molar-refractivity contribution in [3.05, 3.63) is 167 Å². The second-order valence-electron chi connectivity index (χ2n) is 10.2. The van der Waals surface area contributed by atoms with Gasteiger partial charge >= 0.3 is 0 Å². The van der Waals surface area contributed by atoms with E-state index in [9.17, 15) is 13.6 Å². The first-order chi connectivity index (χ1) is 20.5. The van der Waals surface area contributed by atoms with E-state index in [2.05, 4.69) is 28.9 Å². The van der Waals surface area contributed by atoms with Crippen LogP contribution in [0.25, 0.3) is 11.3 Å². The highest BCUT2D eigenvalue weighted by Crippen LogP contribution is 2.32. The summed E-state index contributed by atoms with van der Waals surface area (Å²) in [7, 11) is 0. The van der Waals surface area contributed by atoms with E-state index in [-0.39, 0.29) is 17.5 Å². The molecule has 3 aliphatic rings. The number of benzene rings is 3. The summed E-state index contributed by atoms with van der Waals surface area (Å²) in [5.74, 6) is 0.646. The smallest absolute Gasteiger partial charge is 0.254 e. The minimum absolute atomic E-state index is 0.0761. The number of carbonyl (C=O) groups is 1. The van der Waals surface area contributed by atoms with Crippen LogP contribution in [0.4, 0.5) is 8.78 Å². The maximum Gasteiger partial charge on any atom is 0.254 e. The first-order valence-corrected chi connectivity index (χ1v) is 13.9. The average molecular weight is 560 g/mol. The summed E-state index contributed by atoms with van der Waals surface area (Å²) >= 11 is 0. The largest absolute Gasteiger partial charge is 0.457 e. The molecule has 0 unspecified atom stereocenters. The Balaban J connectivity index is 1.17. The molecule has 3 aromatic rings. The number of rotatable bonds is 4. The number of ether oxygens (including phenoxy) is 1. The summed E-state index contributed by atoms with van der Waals surface area (Å²) in [4.78, 5) is 14.7. The standard InChI is InChI=1S/C36H29F2N2O2/c37-31-13-9-27(10-14-31)30-24-34(42-35(25-30)28-11-15-32(38)16-12-28)19-8-26-6-17-33(18-7-26)39-20-22-40(23-21-39)36(41)29-4-2-1-3-5-29/h1-19,24-25H,20-23H2/q+1. The monoisotopic (exact) mass is 559 g/mol. The molecule has 0 saturated carbocycles. The molecule has 0 radical (unpaired) electrons. The van der Waals surface area contributed by atoms with Crippen LogP contribution < -0.4 is 0 Å². The van der Waals surface area contributed by atoms with Crippen molar-refractivity contribution >= 4 is 23.0 Å². The Hall–Kier alpha value is -5.10. The molecular formula is C36H29F2N2O2+. The van der Waals surface area contributed by atoms with E-state index in [1.54, 1.807) is 24.3 Å². The summed E-state index contributed by atoms with van der Waals surface area (Å²) < 4.78 is 35.5. The quantitative estimate of drug-likeness (QED) is 0.324. The molecule has 6 rings (SSSR count). The summed E-state index contributed by atoms with van der Waals surface area (Å²) in [6.45, 7) is 2.90. The highest BCUT2D eigenvalue weighted by atomic mass is 19.1. The van der Waals surface area contributed by atoms with Gasteiger partial charge in [0.2, 0.25) is 0 Å². The molecule has 0 aromatic heterocycles.